The minimum atomic E-state index is -4.52. The van der Waals surface area contributed by atoms with Crippen molar-refractivity contribution in [2.45, 2.75) is 64.1 Å². The Labute approximate surface area is 224 Å². The minimum absolute atomic E-state index is 0.192. The van der Waals surface area contributed by atoms with Crippen LogP contribution in [0, 0.1) is 6.92 Å². The molecule has 0 unspecified atom stereocenters. The van der Waals surface area contributed by atoms with Gasteiger partial charge in [-0.1, -0.05) is 35.5 Å². The molecule has 3 aromatic rings. The van der Waals surface area contributed by atoms with E-state index in [9.17, 15) is 18.0 Å². The van der Waals surface area contributed by atoms with Crippen LogP contribution in [0.1, 0.15) is 59.3 Å². The van der Waals surface area contributed by atoms with Crippen molar-refractivity contribution in [3.05, 3.63) is 69.4 Å². The molecule has 1 aliphatic heterocycles. The van der Waals surface area contributed by atoms with E-state index in [1.807, 2.05) is 11.4 Å². The Morgan fingerprint density at radius 2 is 1.97 bits per heavy atom. The van der Waals surface area contributed by atoms with Gasteiger partial charge in [-0.15, -0.1) is 11.3 Å². The average Bonchev–Trinajstić information content (AvgIpc) is 3.53. The van der Waals surface area contributed by atoms with Gasteiger partial charge in [-0.05, 0) is 50.7 Å². The molecule has 2 aromatic heterocycles. The summed E-state index contributed by atoms with van der Waals surface area (Å²) in [5, 5.41) is 10.7. The van der Waals surface area contributed by atoms with Crippen LogP contribution in [0.3, 0.4) is 0 Å². The number of hydrogen-bond acceptors (Lipinski definition) is 6. The summed E-state index contributed by atoms with van der Waals surface area (Å²) in [6.45, 7) is 3.01. The fourth-order valence-electron chi connectivity index (χ4n) is 4.39. The van der Waals surface area contributed by atoms with Crippen LogP contribution in [0.4, 0.5) is 13.2 Å². The zero-order valence-electron chi connectivity index (χ0n) is 21.4. The maximum atomic E-state index is 12.9. The van der Waals surface area contributed by atoms with E-state index in [4.69, 9.17) is 9.82 Å². The fourth-order valence-corrected chi connectivity index (χ4v) is 5.40. The number of hydrogen-bond donors (Lipinski definition) is 0. The lowest BCUT2D eigenvalue weighted by Crippen LogP contribution is -2.40. The lowest BCUT2D eigenvalue weighted by atomic mass is 9.97. The molecule has 204 valence electrons. The molecule has 7 nitrogen and oxygen atoms in total. The number of unbranched alkanes of at least 4 members (excludes halogenated alkanes) is 1. The summed E-state index contributed by atoms with van der Waals surface area (Å²) in [5.41, 5.74) is 1.61. The molecule has 1 aromatic carbocycles. The number of carbonyl (C=O) groups is 1. The number of benzene rings is 1. The number of piperidine rings is 1. The van der Waals surface area contributed by atoms with Crippen molar-refractivity contribution in [3.63, 3.8) is 0 Å². The van der Waals surface area contributed by atoms with Gasteiger partial charge in [0.2, 0.25) is 5.91 Å². The lowest BCUT2D eigenvalue weighted by molar-refractivity contribution is -0.142. The Morgan fingerprint density at radius 1 is 1.21 bits per heavy atom. The normalized spacial score (nSPS) is 14.9. The van der Waals surface area contributed by atoms with Crippen LogP contribution in [-0.4, -0.2) is 51.5 Å². The number of amides is 1. The Hall–Kier alpha value is -3.21. The number of aromatic nitrogens is 3. The number of carbonyl (C=O) groups excluding carboxylic acids is 1. The SMILES string of the molecule is Cc1cc(C(F)(F)F)nn1CC(=O)N1CCC(c2nc(CC=NOCCCCc3ccccc3)cs2)CC1. The number of oxime groups is 1. The van der Waals surface area contributed by atoms with Crippen molar-refractivity contribution < 1.29 is 22.8 Å². The molecule has 1 amide bonds. The fraction of sp³-hybridized carbons (Fsp3) is 0.481. The second-order valence-electron chi connectivity index (χ2n) is 9.43. The zero-order valence-corrected chi connectivity index (χ0v) is 22.2. The molecule has 38 heavy (non-hydrogen) atoms. The third-order valence-corrected chi connectivity index (χ3v) is 7.62. The second kappa shape index (κ2) is 13.0. The summed E-state index contributed by atoms with van der Waals surface area (Å²) in [6, 6.07) is 11.3. The smallest absolute Gasteiger partial charge is 0.396 e. The molecule has 4 rings (SSSR count). The number of halogens is 3. The van der Waals surface area contributed by atoms with Crippen LogP contribution in [0.25, 0.3) is 0 Å². The van der Waals surface area contributed by atoms with Gasteiger partial charge < -0.3 is 9.74 Å². The highest BCUT2D eigenvalue weighted by atomic mass is 32.1. The monoisotopic (exact) mass is 547 g/mol. The molecule has 0 bridgehead atoms. The predicted molar refractivity (Wildman–Crippen MR) is 140 cm³/mol. The summed E-state index contributed by atoms with van der Waals surface area (Å²) in [6.07, 6.45) is 2.39. The van der Waals surface area contributed by atoms with Gasteiger partial charge in [-0.25, -0.2) is 4.98 Å². The molecule has 0 saturated carbocycles. The standard InChI is InChI=1S/C27H32F3N5O2S/c1-20-17-24(27(28,29)30)33-35(20)18-25(36)34-14-11-22(12-15-34)26-32-23(19-38-26)10-13-31-37-16-6-5-9-21-7-3-2-4-8-21/h2-4,7-8,13,17,19,22H,5-6,9-12,14-16,18H2,1H3. The van der Waals surface area contributed by atoms with Gasteiger partial charge in [0.15, 0.2) is 5.69 Å². The molecule has 0 atom stereocenters. The van der Waals surface area contributed by atoms with E-state index in [0.29, 0.717) is 31.8 Å². The lowest BCUT2D eigenvalue weighted by Gasteiger charge is -2.31. The number of rotatable bonds is 11. The predicted octanol–water partition coefficient (Wildman–Crippen LogP) is 5.64. The number of nitrogens with zero attached hydrogens (tertiary/aromatic N) is 5. The Bertz CT molecular complexity index is 1200. The summed E-state index contributed by atoms with van der Waals surface area (Å²) in [4.78, 5) is 24.5. The zero-order chi connectivity index (χ0) is 27.0. The molecule has 1 saturated heterocycles. The third-order valence-electron chi connectivity index (χ3n) is 6.57. The van der Waals surface area contributed by atoms with Crippen molar-refractivity contribution in [2.24, 2.45) is 5.16 Å². The molecule has 0 spiro atoms. The molecule has 3 heterocycles. The average molecular weight is 548 g/mol. The molecule has 11 heteroatoms. The van der Waals surface area contributed by atoms with E-state index in [0.717, 1.165) is 53.6 Å². The van der Waals surface area contributed by atoms with Crippen LogP contribution in [0.5, 0.6) is 0 Å². The third kappa shape index (κ3) is 7.89. The van der Waals surface area contributed by atoms with Crippen LogP contribution in [0.2, 0.25) is 0 Å². The Balaban J connectivity index is 1.14. The minimum Gasteiger partial charge on any atom is -0.396 e. The summed E-state index contributed by atoms with van der Waals surface area (Å²) < 4.78 is 39.8. The van der Waals surface area contributed by atoms with Gasteiger partial charge in [-0.3, -0.25) is 9.48 Å². The van der Waals surface area contributed by atoms with Crippen molar-refractivity contribution in [2.75, 3.05) is 19.7 Å². The first-order valence-corrected chi connectivity index (χ1v) is 13.7. The molecular weight excluding hydrogens is 515 g/mol. The molecule has 0 aliphatic carbocycles. The number of thiazole rings is 1. The quantitative estimate of drug-likeness (QED) is 0.177. The number of aryl methyl sites for hydroxylation is 2. The van der Waals surface area contributed by atoms with Crippen LogP contribution in [-0.2, 0) is 35.2 Å². The Kier molecular flexibility index (Phi) is 9.54. The van der Waals surface area contributed by atoms with E-state index in [-0.39, 0.29) is 18.4 Å². The first kappa shape index (κ1) is 27.8. The van der Waals surface area contributed by atoms with E-state index >= 15 is 0 Å². The van der Waals surface area contributed by atoms with Gasteiger partial charge in [0.05, 0.1) is 10.7 Å². The van der Waals surface area contributed by atoms with Gasteiger partial charge in [0, 0.05) is 42.7 Å². The summed E-state index contributed by atoms with van der Waals surface area (Å²) in [5.74, 6) is 0.0401. The summed E-state index contributed by atoms with van der Waals surface area (Å²) in [7, 11) is 0. The highest BCUT2D eigenvalue weighted by Gasteiger charge is 2.35. The molecule has 0 N–H and O–H groups in total. The molecule has 1 aliphatic rings. The molecule has 0 radical (unpaired) electrons. The van der Waals surface area contributed by atoms with Gasteiger partial charge in [0.25, 0.3) is 0 Å². The van der Waals surface area contributed by atoms with E-state index in [1.54, 1.807) is 22.5 Å². The van der Waals surface area contributed by atoms with Crippen molar-refractivity contribution in [1.82, 2.24) is 19.7 Å². The van der Waals surface area contributed by atoms with E-state index < -0.39 is 11.9 Å². The van der Waals surface area contributed by atoms with Gasteiger partial charge in [0.1, 0.15) is 13.2 Å². The molecule has 1 fully saturated rings. The maximum absolute atomic E-state index is 12.9. The first-order chi connectivity index (χ1) is 18.3. The van der Waals surface area contributed by atoms with Crippen molar-refractivity contribution in [3.8, 4) is 0 Å². The van der Waals surface area contributed by atoms with Crippen molar-refractivity contribution >= 4 is 23.5 Å². The van der Waals surface area contributed by atoms with Crippen LogP contribution >= 0.6 is 11.3 Å². The largest absolute Gasteiger partial charge is 0.435 e. The van der Waals surface area contributed by atoms with E-state index in [1.165, 1.54) is 12.5 Å². The second-order valence-corrected chi connectivity index (χ2v) is 10.3. The maximum Gasteiger partial charge on any atom is 0.435 e. The highest BCUT2D eigenvalue weighted by molar-refractivity contribution is 7.09. The topological polar surface area (TPSA) is 72.6 Å². The first-order valence-electron chi connectivity index (χ1n) is 12.8. The highest BCUT2D eigenvalue weighted by Crippen LogP contribution is 2.31. The number of alkyl halides is 3. The number of likely N-dealkylation sites (tertiary alicyclic amines) is 1. The molecular formula is C27H32F3N5O2S. The van der Waals surface area contributed by atoms with Crippen LogP contribution < -0.4 is 0 Å². The van der Waals surface area contributed by atoms with Gasteiger partial charge >= 0.3 is 6.18 Å². The van der Waals surface area contributed by atoms with Crippen LogP contribution in [0.15, 0.2) is 46.9 Å². The van der Waals surface area contributed by atoms with E-state index in [2.05, 4.69) is 34.5 Å². The summed E-state index contributed by atoms with van der Waals surface area (Å²) >= 11 is 1.61. The Morgan fingerprint density at radius 3 is 2.68 bits per heavy atom. The van der Waals surface area contributed by atoms with Gasteiger partial charge in [-0.2, -0.15) is 18.3 Å². The van der Waals surface area contributed by atoms with Crippen molar-refractivity contribution in [1.29, 1.82) is 0 Å².